The lowest BCUT2D eigenvalue weighted by molar-refractivity contribution is 0.196. The molecule has 7 heteroatoms. The van der Waals surface area contributed by atoms with Gasteiger partial charge in [0.15, 0.2) is 5.11 Å². The molecule has 0 aliphatic heterocycles. The third-order valence-electron chi connectivity index (χ3n) is 3.18. The van der Waals surface area contributed by atoms with Gasteiger partial charge in [-0.15, -0.1) is 0 Å². The number of hydrogen-bond acceptors (Lipinski definition) is 4. The lowest BCUT2D eigenvalue weighted by Crippen LogP contribution is -2.29. The van der Waals surface area contributed by atoms with Crippen LogP contribution in [0.2, 0.25) is 0 Å². The van der Waals surface area contributed by atoms with E-state index in [9.17, 15) is 0 Å². The Morgan fingerprint density at radius 3 is 3.00 bits per heavy atom. The molecular formula is C16H22N4O2S. The number of benzene rings is 1. The molecule has 2 N–H and O–H groups in total. The van der Waals surface area contributed by atoms with Crippen LogP contribution >= 0.6 is 12.2 Å². The second-order valence-electron chi connectivity index (χ2n) is 5.01. The van der Waals surface area contributed by atoms with Crippen LogP contribution in [0.1, 0.15) is 12.0 Å². The molecule has 2 rings (SSSR count). The van der Waals surface area contributed by atoms with Crippen LogP contribution in [0.3, 0.4) is 0 Å². The van der Waals surface area contributed by atoms with E-state index in [2.05, 4.69) is 15.7 Å². The Morgan fingerprint density at radius 1 is 1.35 bits per heavy atom. The molecule has 0 unspecified atom stereocenters. The number of rotatable bonds is 8. The zero-order valence-electron chi connectivity index (χ0n) is 13.4. The van der Waals surface area contributed by atoms with Crippen molar-refractivity contribution in [3.8, 4) is 5.75 Å². The van der Waals surface area contributed by atoms with Crippen molar-refractivity contribution < 1.29 is 9.47 Å². The van der Waals surface area contributed by atoms with Gasteiger partial charge >= 0.3 is 0 Å². The third kappa shape index (κ3) is 5.88. The van der Waals surface area contributed by atoms with E-state index in [1.165, 1.54) is 0 Å². The zero-order chi connectivity index (χ0) is 16.5. The summed E-state index contributed by atoms with van der Waals surface area (Å²) in [5.41, 5.74) is 1.98. The normalized spacial score (nSPS) is 10.3. The molecule has 1 aromatic heterocycles. The first kappa shape index (κ1) is 17.2. The average Bonchev–Trinajstić information content (AvgIpc) is 2.98. The number of ether oxygens (including phenoxy) is 2. The highest BCUT2D eigenvalue weighted by molar-refractivity contribution is 7.80. The highest BCUT2D eigenvalue weighted by Gasteiger charge is 2.03. The summed E-state index contributed by atoms with van der Waals surface area (Å²) in [6.45, 7) is 2.17. The summed E-state index contributed by atoms with van der Waals surface area (Å²) in [6.07, 6.45) is 4.58. The minimum Gasteiger partial charge on any atom is -0.497 e. The quantitative estimate of drug-likeness (QED) is 0.570. The molecule has 0 atom stereocenters. The summed E-state index contributed by atoms with van der Waals surface area (Å²) in [7, 11) is 3.35. The van der Waals surface area contributed by atoms with Gasteiger partial charge in [-0.2, -0.15) is 5.10 Å². The third-order valence-corrected chi connectivity index (χ3v) is 3.43. The van der Waals surface area contributed by atoms with Crippen LogP contribution < -0.4 is 15.4 Å². The second-order valence-corrected chi connectivity index (χ2v) is 5.41. The van der Waals surface area contributed by atoms with Crippen molar-refractivity contribution in [1.29, 1.82) is 0 Å². The molecule has 0 radical (unpaired) electrons. The van der Waals surface area contributed by atoms with Crippen LogP contribution in [-0.2, 0) is 11.3 Å². The summed E-state index contributed by atoms with van der Waals surface area (Å²) >= 11 is 5.24. The van der Waals surface area contributed by atoms with E-state index < -0.39 is 0 Å². The lowest BCUT2D eigenvalue weighted by Gasteiger charge is -2.08. The zero-order valence-corrected chi connectivity index (χ0v) is 14.2. The van der Waals surface area contributed by atoms with Crippen LogP contribution in [0.15, 0.2) is 36.7 Å². The van der Waals surface area contributed by atoms with Crippen molar-refractivity contribution >= 4 is 23.0 Å². The Kier molecular flexibility index (Phi) is 6.83. The summed E-state index contributed by atoms with van der Waals surface area (Å²) in [4.78, 5) is 0. The molecule has 23 heavy (non-hydrogen) atoms. The van der Waals surface area contributed by atoms with Gasteiger partial charge in [0.1, 0.15) is 5.75 Å². The first-order valence-electron chi connectivity index (χ1n) is 7.40. The van der Waals surface area contributed by atoms with Gasteiger partial charge in [0, 0.05) is 26.5 Å². The number of methoxy groups -OCH3 is 2. The molecule has 2 aromatic rings. The minimum absolute atomic E-state index is 0.585. The maximum atomic E-state index is 5.24. The average molecular weight is 334 g/mol. The highest BCUT2D eigenvalue weighted by Crippen LogP contribution is 2.14. The predicted octanol–water partition coefficient (Wildman–Crippen LogP) is 2.26. The van der Waals surface area contributed by atoms with E-state index in [-0.39, 0.29) is 0 Å². The van der Waals surface area contributed by atoms with E-state index in [4.69, 9.17) is 21.7 Å². The van der Waals surface area contributed by atoms with Crippen LogP contribution in [0.25, 0.3) is 0 Å². The Hall–Kier alpha value is -2.12. The monoisotopic (exact) mass is 334 g/mol. The second kappa shape index (κ2) is 9.12. The van der Waals surface area contributed by atoms with Gasteiger partial charge in [-0.1, -0.05) is 12.1 Å². The summed E-state index contributed by atoms with van der Waals surface area (Å²) in [6, 6.07) is 7.93. The molecule has 6 nitrogen and oxygen atoms in total. The van der Waals surface area contributed by atoms with Crippen molar-refractivity contribution in [1.82, 2.24) is 15.1 Å². The molecule has 0 aliphatic carbocycles. The number of thiocarbonyl (C=S) groups is 1. The van der Waals surface area contributed by atoms with Gasteiger partial charge in [0.2, 0.25) is 0 Å². The Bertz CT molecular complexity index is 630. The first-order valence-corrected chi connectivity index (χ1v) is 7.81. The molecule has 0 aliphatic rings. The van der Waals surface area contributed by atoms with Crippen LogP contribution in [-0.4, -0.2) is 42.3 Å². The molecule has 0 saturated carbocycles. The predicted molar refractivity (Wildman–Crippen MR) is 95.0 cm³/mol. The Balaban J connectivity index is 1.84. The van der Waals surface area contributed by atoms with Crippen molar-refractivity contribution in [3.05, 3.63) is 42.2 Å². The van der Waals surface area contributed by atoms with Crippen molar-refractivity contribution in [3.63, 3.8) is 0 Å². The van der Waals surface area contributed by atoms with E-state index in [0.29, 0.717) is 18.3 Å². The molecule has 0 fully saturated rings. The molecule has 1 aromatic carbocycles. The largest absolute Gasteiger partial charge is 0.497 e. The van der Waals surface area contributed by atoms with Gasteiger partial charge < -0.3 is 20.1 Å². The fourth-order valence-corrected chi connectivity index (χ4v) is 2.29. The lowest BCUT2D eigenvalue weighted by atomic mass is 10.2. The molecule has 1 heterocycles. The van der Waals surface area contributed by atoms with Crippen molar-refractivity contribution in [2.24, 2.45) is 0 Å². The molecule has 0 saturated heterocycles. The molecule has 124 valence electrons. The molecule has 0 spiro atoms. The number of hydrogen-bond donors (Lipinski definition) is 2. The van der Waals surface area contributed by atoms with Gasteiger partial charge in [0.05, 0.1) is 25.5 Å². The van der Waals surface area contributed by atoms with Gasteiger partial charge in [0.25, 0.3) is 0 Å². The van der Waals surface area contributed by atoms with E-state index in [0.717, 1.165) is 30.0 Å². The van der Waals surface area contributed by atoms with Crippen molar-refractivity contribution in [2.45, 2.75) is 13.0 Å². The van der Waals surface area contributed by atoms with E-state index in [1.807, 2.05) is 35.1 Å². The fourth-order valence-electron chi connectivity index (χ4n) is 2.07. The van der Waals surface area contributed by atoms with Crippen LogP contribution in [0.5, 0.6) is 5.75 Å². The maximum Gasteiger partial charge on any atom is 0.170 e. The molecular weight excluding hydrogens is 312 g/mol. The minimum atomic E-state index is 0.585. The SMILES string of the molecule is COCCCNC(=S)Nc1cnn(Cc2cccc(OC)c2)c1. The smallest absolute Gasteiger partial charge is 0.170 e. The number of nitrogens with zero attached hydrogens (tertiary/aromatic N) is 2. The van der Waals surface area contributed by atoms with Crippen LogP contribution in [0, 0.1) is 0 Å². The summed E-state index contributed by atoms with van der Waals surface area (Å²) < 4.78 is 12.1. The summed E-state index contributed by atoms with van der Waals surface area (Å²) in [5, 5.41) is 11.2. The Labute approximate surface area is 141 Å². The van der Waals surface area contributed by atoms with Gasteiger partial charge in [-0.3, -0.25) is 4.68 Å². The van der Waals surface area contributed by atoms with Crippen LogP contribution in [0.4, 0.5) is 5.69 Å². The standard InChI is InChI=1S/C16H22N4O2S/c1-21-8-4-7-17-16(23)19-14-10-18-20(12-14)11-13-5-3-6-15(9-13)22-2/h3,5-6,9-10,12H,4,7-8,11H2,1-2H3,(H2,17,19,23). The van der Waals surface area contributed by atoms with E-state index in [1.54, 1.807) is 20.4 Å². The maximum absolute atomic E-state index is 5.24. The summed E-state index contributed by atoms with van der Waals surface area (Å²) in [5.74, 6) is 0.842. The first-order chi connectivity index (χ1) is 11.2. The number of nitrogens with one attached hydrogen (secondary N) is 2. The Morgan fingerprint density at radius 2 is 2.22 bits per heavy atom. The number of anilines is 1. The molecule has 0 amide bonds. The van der Waals surface area contributed by atoms with Gasteiger partial charge in [-0.05, 0) is 36.3 Å². The highest BCUT2D eigenvalue weighted by atomic mass is 32.1. The van der Waals surface area contributed by atoms with Gasteiger partial charge in [-0.25, -0.2) is 0 Å². The molecule has 0 bridgehead atoms. The van der Waals surface area contributed by atoms with E-state index >= 15 is 0 Å². The topological polar surface area (TPSA) is 60.3 Å². The number of aromatic nitrogens is 2. The fraction of sp³-hybridized carbons (Fsp3) is 0.375. The van der Waals surface area contributed by atoms with Crippen molar-refractivity contribution in [2.75, 3.05) is 32.7 Å².